The van der Waals surface area contributed by atoms with Crippen LogP contribution < -0.4 is 4.74 Å². The van der Waals surface area contributed by atoms with Crippen LogP contribution in [-0.4, -0.2) is 11.7 Å². The van der Waals surface area contributed by atoms with Crippen LogP contribution in [0.2, 0.25) is 5.02 Å². The first-order chi connectivity index (χ1) is 7.69. The summed E-state index contributed by atoms with van der Waals surface area (Å²) in [7, 11) is 0. The summed E-state index contributed by atoms with van der Waals surface area (Å²) in [6.07, 6.45) is 2.12. The molecule has 0 heterocycles. The number of aliphatic hydroxyl groups is 1. The van der Waals surface area contributed by atoms with Crippen molar-refractivity contribution in [2.45, 2.75) is 39.2 Å². The van der Waals surface area contributed by atoms with E-state index in [1.807, 2.05) is 19.1 Å². The van der Waals surface area contributed by atoms with Gasteiger partial charge in [0, 0.05) is 10.6 Å². The van der Waals surface area contributed by atoms with E-state index in [0.717, 1.165) is 30.6 Å². The molecule has 0 radical (unpaired) electrons. The van der Waals surface area contributed by atoms with Gasteiger partial charge in [0.25, 0.3) is 0 Å². The number of aliphatic hydroxyl groups excluding tert-OH is 1. The lowest BCUT2D eigenvalue weighted by Gasteiger charge is -2.13. The number of rotatable bonds is 6. The van der Waals surface area contributed by atoms with Crippen LogP contribution in [0, 0.1) is 0 Å². The van der Waals surface area contributed by atoms with Crippen LogP contribution in [-0.2, 0) is 0 Å². The number of halogens is 1. The molecular formula is C13H19ClO2. The molecule has 1 atom stereocenters. The smallest absolute Gasteiger partial charge is 0.119 e. The highest BCUT2D eigenvalue weighted by atomic mass is 35.5. The summed E-state index contributed by atoms with van der Waals surface area (Å²) in [4.78, 5) is 0. The molecule has 0 aromatic heterocycles. The van der Waals surface area contributed by atoms with Crippen LogP contribution in [0.3, 0.4) is 0 Å². The summed E-state index contributed by atoms with van der Waals surface area (Å²) in [6, 6.07) is 5.44. The zero-order chi connectivity index (χ0) is 12.0. The number of benzene rings is 1. The van der Waals surface area contributed by atoms with Crippen LogP contribution in [0.4, 0.5) is 0 Å². The Balaban J connectivity index is 2.81. The molecule has 1 aromatic carbocycles. The predicted octanol–water partition coefficient (Wildman–Crippen LogP) is 3.96. The van der Waals surface area contributed by atoms with E-state index in [1.165, 1.54) is 0 Å². The molecule has 0 spiro atoms. The van der Waals surface area contributed by atoms with Gasteiger partial charge in [-0.2, -0.15) is 0 Å². The van der Waals surface area contributed by atoms with Gasteiger partial charge in [0.05, 0.1) is 12.7 Å². The first kappa shape index (κ1) is 13.3. The minimum atomic E-state index is -0.498. The molecule has 0 aliphatic carbocycles. The maximum absolute atomic E-state index is 9.91. The van der Waals surface area contributed by atoms with Gasteiger partial charge in [-0.1, -0.05) is 31.9 Å². The second-order valence-corrected chi connectivity index (χ2v) is 4.24. The fourth-order valence-electron chi connectivity index (χ4n) is 1.52. The van der Waals surface area contributed by atoms with Crippen molar-refractivity contribution in [2.24, 2.45) is 0 Å². The molecule has 1 rings (SSSR count). The molecule has 1 N–H and O–H groups in total. The molecule has 2 nitrogen and oxygen atoms in total. The predicted molar refractivity (Wildman–Crippen MR) is 67.1 cm³/mol. The summed E-state index contributed by atoms with van der Waals surface area (Å²) < 4.78 is 5.51. The van der Waals surface area contributed by atoms with E-state index in [4.69, 9.17) is 16.3 Å². The van der Waals surface area contributed by atoms with Crippen molar-refractivity contribution in [1.29, 1.82) is 0 Å². The van der Waals surface area contributed by atoms with Crippen molar-refractivity contribution in [3.8, 4) is 5.75 Å². The van der Waals surface area contributed by atoms with Gasteiger partial charge in [-0.3, -0.25) is 0 Å². The Hall–Kier alpha value is -0.730. The lowest BCUT2D eigenvalue weighted by atomic mass is 10.1. The molecule has 0 bridgehead atoms. The highest BCUT2D eigenvalue weighted by Gasteiger charge is 2.11. The van der Waals surface area contributed by atoms with E-state index in [0.29, 0.717) is 11.6 Å². The summed E-state index contributed by atoms with van der Waals surface area (Å²) in [5, 5.41) is 10.5. The van der Waals surface area contributed by atoms with Crippen molar-refractivity contribution < 1.29 is 9.84 Å². The molecule has 1 unspecified atom stereocenters. The lowest BCUT2D eigenvalue weighted by molar-refractivity contribution is 0.166. The third-order valence-electron chi connectivity index (χ3n) is 2.36. The molecule has 3 heteroatoms. The van der Waals surface area contributed by atoms with E-state index < -0.39 is 6.10 Å². The summed E-state index contributed by atoms with van der Waals surface area (Å²) >= 11 is 6.05. The molecular weight excluding hydrogens is 224 g/mol. The molecule has 1 aromatic rings. The van der Waals surface area contributed by atoms with Gasteiger partial charge in [-0.05, 0) is 31.0 Å². The van der Waals surface area contributed by atoms with Gasteiger partial charge < -0.3 is 9.84 Å². The van der Waals surface area contributed by atoms with Gasteiger partial charge in [0.15, 0.2) is 0 Å². The SMILES string of the molecule is CCCOc1ccc(Cl)c(C(O)CCC)c1. The van der Waals surface area contributed by atoms with E-state index in [2.05, 4.69) is 6.92 Å². The standard InChI is InChI=1S/C13H19ClO2/c1-3-5-13(15)11-9-10(16-8-4-2)6-7-12(11)14/h6-7,9,13,15H,3-5,8H2,1-2H3. The minimum absolute atomic E-state index is 0.498. The Labute approximate surface area is 102 Å². The molecule has 0 fully saturated rings. The van der Waals surface area contributed by atoms with E-state index in [9.17, 15) is 5.11 Å². The second kappa shape index (κ2) is 6.77. The first-order valence-electron chi connectivity index (χ1n) is 5.79. The molecule has 0 aliphatic heterocycles. The van der Waals surface area contributed by atoms with Crippen LogP contribution in [0.15, 0.2) is 18.2 Å². The van der Waals surface area contributed by atoms with Gasteiger partial charge in [-0.25, -0.2) is 0 Å². The Morgan fingerprint density at radius 1 is 1.31 bits per heavy atom. The third-order valence-corrected chi connectivity index (χ3v) is 2.71. The largest absolute Gasteiger partial charge is 0.494 e. The Morgan fingerprint density at radius 3 is 2.69 bits per heavy atom. The maximum atomic E-state index is 9.91. The monoisotopic (exact) mass is 242 g/mol. The van der Waals surface area contributed by atoms with Crippen molar-refractivity contribution >= 4 is 11.6 Å². The van der Waals surface area contributed by atoms with E-state index >= 15 is 0 Å². The van der Waals surface area contributed by atoms with Crippen LogP contribution in [0.25, 0.3) is 0 Å². The van der Waals surface area contributed by atoms with Gasteiger partial charge in [-0.15, -0.1) is 0 Å². The Kier molecular flexibility index (Phi) is 5.64. The second-order valence-electron chi connectivity index (χ2n) is 3.84. The quantitative estimate of drug-likeness (QED) is 0.818. The summed E-state index contributed by atoms with van der Waals surface area (Å²) in [6.45, 7) is 4.78. The fourth-order valence-corrected chi connectivity index (χ4v) is 1.76. The first-order valence-corrected chi connectivity index (χ1v) is 6.17. The average molecular weight is 243 g/mol. The van der Waals surface area contributed by atoms with Crippen molar-refractivity contribution in [1.82, 2.24) is 0 Å². The maximum Gasteiger partial charge on any atom is 0.119 e. The molecule has 0 saturated carbocycles. The van der Waals surface area contributed by atoms with E-state index in [-0.39, 0.29) is 0 Å². The van der Waals surface area contributed by atoms with Crippen molar-refractivity contribution in [3.05, 3.63) is 28.8 Å². The Bertz CT molecular complexity index is 326. The van der Waals surface area contributed by atoms with Crippen LogP contribution >= 0.6 is 11.6 Å². The lowest BCUT2D eigenvalue weighted by Crippen LogP contribution is -2.00. The average Bonchev–Trinajstić information content (AvgIpc) is 2.28. The molecule has 0 amide bonds. The van der Waals surface area contributed by atoms with Crippen LogP contribution in [0.5, 0.6) is 5.75 Å². The Morgan fingerprint density at radius 2 is 2.06 bits per heavy atom. The highest BCUT2D eigenvalue weighted by Crippen LogP contribution is 2.29. The van der Waals surface area contributed by atoms with Crippen molar-refractivity contribution in [2.75, 3.05) is 6.61 Å². The third kappa shape index (κ3) is 3.69. The van der Waals surface area contributed by atoms with Gasteiger partial charge >= 0.3 is 0 Å². The molecule has 16 heavy (non-hydrogen) atoms. The highest BCUT2D eigenvalue weighted by molar-refractivity contribution is 6.31. The molecule has 90 valence electrons. The van der Waals surface area contributed by atoms with Gasteiger partial charge in [0.2, 0.25) is 0 Å². The summed E-state index contributed by atoms with van der Waals surface area (Å²) in [5.74, 6) is 0.774. The van der Waals surface area contributed by atoms with E-state index in [1.54, 1.807) is 6.07 Å². The summed E-state index contributed by atoms with van der Waals surface area (Å²) in [5.41, 5.74) is 0.761. The zero-order valence-corrected chi connectivity index (χ0v) is 10.6. The topological polar surface area (TPSA) is 29.5 Å². The molecule has 0 aliphatic rings. The minimum Gasteiger partial charge on any atom is -0.494 e. The number of hydrogen-bond acceptors (Lipinski definition) is 2. The van der Waals surface area contributed by atoms with Gasteiger partial charge in [0.1, 0.15) is 5.75 Å². The van der Waals surface area contributed by atoms with Crippen molar-refractivity contribution in [3.63, 3.8) is 0 Å². The number of ether oxygens (including phenoxy) is 1. The fraction of sp³-hybridized carbons (Fsp3) is 0.538. The number of hydrogen-bond donors (Lipinski definition) is 1. The normalized spacial score (nSPS) is 12.5. The molecule has 0 saturated heterocycles. The van der Waals surface area contributed by atoms with Crippen LogP contribution in [0.1, 0.15) is 44.8 Å². The zero-order valence-electron chi connectivity index (χ0n) is 9.87.